The number of amides is 2. The molecular formula is C27H23N3O2. The number of nitrogens with one attached hydrogen (secondary N) is 3. The zero-order valence-electron chi connectivity index (χ0n) is 17.6. The number of benzene rings is 4. The molecule has 0 fully saturated rings. The lowest BCUT2D eigenvalue weighted by Crippen LogP contribution is -2.18. The van der Waals surface area contributed by atoms with Crippen molar-refractivity contribution in [3.63, 3.8) is 0 Å². The smallest absolute Gasteiger partial charge is 0.257 e. The molecule has 0 atom stereocenters. The fourth-order valence-corrected chi connectivity index (χ4v) is 3.21. The van der Waals surface area contributed by atoms with E-state index in [0.717, 1.165) is 16.9 Å². The minimum absolute atomic E-state index is 0.262. The predicted octanol–water partition coefficient (Wildman–Crippen LogP) is 6.24. The molecule has 2 amide bonds. The number of carbonyl (C=O) groups excluding carboxylic acids is 2. The molecule has 0 saturated carbocycles. The molecule has 5 heteroatoms. The van der Waals surface area contributed by atoms with Gasteiger partial charge >= 0.3 is 0 Å². The lowest BCUT2D eigenvalue weighted by atomic mass is 10.1. The Labute approximate surface area is 187 Å². The van der Waals surface area contributed by atoms with E-state index in [1.807, 2.05) is 73.7 Å². The maximum atomic E-state index is 12.9. The molecule has 4 aromatic carbocycles. The summed E-state index contributed by atoms with van der Waals surface area (Å²) in [6.45, 7) is 1.96. The van der Waals surface area contributed by atoms with E-state index in [-0.39, 0.29) is 11.8 Å². The molecule has 0 radical (unpaired) electrons. The monoisotopic (exact) mass is 421 g/mol. The molecule has 4 aromatic rings. The van der Waals surface area contributed by atoms with Crippen LogP contribution in [0.15, 0.2) is 103 Å². The fourth-order valence-electron chi connectivity index (χ4n) is 3.21. The zero-order chi connectivity index (χ0) is 22.3. The van der Waals surface area contributed by atoms with E-state index < -0.39 is 0 Å². The summed E-state index contributed by atoms with van der Waals surface area (Å²) in [7, 11) is 0. The summed E-state index contributed by atoms with van der Waals surface area (Å²) in [6, 6.07) is 31.5. The van der Waals surface area contributed by atoms with Crippen LogP contribution in [0.4, 0.5) is 22.7 Å². The van der Waals surface area contributed by atoms with Gasteiger partial charge in [-0.2, -0.15) is 0 Å². The van der Waals surface area contributed by atoms with Gasteiger partial charge in [-0.25, -0.2) is 0 Å². The maximum absolute atomic E-state index is 12.9. The maximum Gasteiger partial charge on any atom is 0.257 e. The lowest BCUT2D eigenvalue weighted by Gasteiger charge is -2.12. The van der Waals surface area contributed by atoms with Crippen LogP contribution in [0.1, 0.15) is 26.3 Å². The van der Waals surface area contributed by atoms with Crippen LogP contribution >= 0.6 is 0 Å². The second kappa shape index (κ2) is 9.62. The van der Waals surface area contributed by atoms with Gasteiger partial charge < -0.3 is 16.0 Å². The van der Waals surface area contributed by atoms with Gasteiger partial charge in [-0.15, -0.1) is 0 Å². The first-order valence-corrected chi connectivity index (χ1v) is 10.3. The standard InChI is InChI=1S/C27H23N3O2/c1-19-11-13-20(14-12-19)26(31)30-25-10-6-5-9-24(25)27(32)29-23-17-15-22(16-18-23)28-21-7-3-2-4-8-21/h2-18,28H,1H3,(H,29,32)(H,30,31). The van der Waals surface area contributed by atoms with Crippen molar-refractivity contribution in [2.24, 2.45) is 0 Å². The van der Waals surface area contributed by atoms with Crippen LogP contribution in [0.3, 0.4) is 0 Å². The van der Waals surface area contributed by atoms with Gasteiger partial charge in [0.1, 0.15) is 0 Å². The number of rotatable bonds is 6. The van der Waals surface area contributed by atoms with Crippen LogP contribution < -0.4 is 16.0 Å². The van der Waals surface area contributed by atoms with Crippen LogP contribution in [0.5, 0.6) is 0 Å². The summed E-state index contributed by atoms with van der Waals surface area (Å²) in [6.07, 6.45) is 0. The van der Waals surface area contributed by atoms with Gasteiger partial charge in [0.15, 0.2) is 0 Å². The highest BCUT2D eigenvalue weighted by atomic mass is 16.2. The molecule has 0 aromatic heterocycles. The Balaban J connectivity index is 1.44. The van der Waals surface area contributed by atoms with Crippen LogP contribution in [0.25, 0.3) is 0 Å². The SMILES string of the molecule is Cc1ccc(C(=O)Nc2ccccc2C(=O)Nc2ccc(Nc3ccccc3)cc2)cc1. The number of anilines is 4. The fraction of sp³-hybridized carbons (Fsp3) is 0.0370. The third kappa shape index (κ3) is 5.21. The topological polar surface area (TPSA) is 70.2 Å². The van der Waals surface area contributed by atoms with Crippen molar-refractivity contribution in [3.05, 3.63) is 120 Å². The summed E-state index contributed by atoms with van der Waals surface area (Å²) in [5.74, 6) is -0.560. The van der Waals surface area contributed by atoms with Crippen molar-refractivity contribution in [1.29, 1.82) is 0 Å². The van der Waals surface area contributed by atoms with Gasteiger partial charge in [0, 0.05) is 22.6 Å². The minimum Gasteiger partial charge on any atom is -0.356 e. The summed E-state index contributed by atoms with van der Waals surface area (Å²) < 4.78 is 0. The molecule has 32 heavy (non-hydrogen) atoms. The molecule has 0 aliphatic heterocycles. The zero-order valence-corrected chi connectivity index (χ0v) is 17.6. The van der Waals surface area contributed by atoms with Crippen molar-refractivity contribution in [2.75, 3.05) is 16.0 Å². The number of hydrogen-bond acceptors (Lipinski definition) is 3. The van der Waals surface area contributed by atoms with Gasteiger partial charge in [0.2, 0.25) is 0 Å². The molecule has 158 valence electrons. The summed E-state index contributed by atoms with van der Waals surface area (Å²) in [5, 5.41) is 9.04. The van der Waals surface area contributed by atoms with E-state index in [2.05, 4.69) is 16.0 Å². The van der Waals surface area contributed by atoms with Gasteiger partial charge in [0.05, 0.1) is 11.3 Å². The van der Waals surface area contributed by atoms with Gasteiger partial charge in [-0.05, 0) is 67.6 Å². The summed E-state index contributed by atoms with van der Waals surface area (Å²) >= 11 is 0. The second-order valence-electron chi connectivity index (χ2n) is 7.39. The molecular weight excluding hydrogens is 398 g/mol. The average molecular weight is 422 g/mol. The molecule has 0 bridgehead atoms. The van der Waals surface area contributed by atoms with E-state index in [1.54, 1.807) is 36.4 Å². The van der Waals surface area contributed by atoms with Crippen molar-refractivity contribution in [2.45, 2.75) is 6.92 Å². The molecule has 0 aliphatic rings. The van der Waals surface area contributed by atoms with E-state index in [1.165, 1.54) is 0 Å². The van der Waals surface area contributed by atoms with Crippen molar-refractivity contribution < 1.29 is 9.59 Å². The number of hydrogen-bond donors (Lipinski definition) is 3. The van der Waals surface area contributed by atoms with Crippen LogP contribution in [0, 0.1) is 6.92 Å². The number of aryl methyl sites for hydroxylation is 1. The van der Waals surface area contributed by atoms with E-state index in [0.29, 0.717) is 22.5 Å². The molecule has 0 heterocycles. The Hall–Kier alpha value is -4.38. The van der Waals surface area contributed by atoms with Crippen LogP contribution in [0.2, 0.25) is 0 Å². The second-order valence-corrected chi connectivity index (χ2v) is 7.39. The summed E-state index contributed by atoms with van der Waals surface area (Å²) in [5.41, 5.74) is 5.02. The Morgan fingerprint density at radius 3 is 1.88 bits per heavy atom. The Morgan fingerprint density at radius 1 is 0.562 bits per heavy atom. The number of para-hydroxylation sites is 2. The Kier molecular flexibility index (Phi) is 6.28. The van der Waals surface area contributed by atoms with Crippen LogP contribution in [-0.4, -0.2) is 11.8 Å². The predicted molar refractivity (Wildman–Crippen MR) is 130 cm³/mol. The van der Waals surface area contributed by atoms with Crippen molar-refractivity contribution >= 4 is 34.6 Å². The van der Waals surface area contributed by atoms with Crippen LogP contribution in [-0.2, 0) is 0 Å². The van der Waals surface area contributed by atoms with Crippen molar-refractivity contribution in [1.82, 2.24) is 0 Å². The normalized spacial score (nSPS) is 10.3. The quantitative estimate of drug-likeness (QED) is 0.345. The molecule has 0 aliphatic carbocycles. The number of carbonyl (C=O) groups is 2. The third-order valence-electron chi connectivity index (χ3n) is 4.94. The Morgan fingerprint density at radius 2 is 1.16 bits per heavy atom. The van der Waals surface area contributed by atoms with E-state index in [4.69, 9.17) is 0 Å². The highest BCUT2D eigenvalue weighted by Crippen LogP contribution is 2.21. The first-order valence-electron chi connectivity index (χ1n) is 10.3. The van der Waals surface area contributed by atoms with Gasteiger partial charge in [-0.3, -0.25) is 9.59 Å². The summed E-state index contributed by atoms with van der Waals surface area (Å²) in [4.78, 5) is 25.5. The average Bonchev–Trinajstić information content (AvgIpc) is 2.82. The van der Waals surface area contributed by atoms with E-state index in [9.17, 15) is 9.59 Å². The largest absolute Gasteiger partial charge is 0.356 e. The molecule has 3 N–H and O–H groups in total. The van der Waals surface area contributed by atoms with Gasteiger partial charge in [0.25, 0.3) is 11.8 Å². The first-order chi connectivity index (χ1) is 15.6. The van der Waals surface area contributed by atoms with E-state index >= 15 is 0 Å². The third-order valence-corrected chi connectivity index (χ3v) is 4.94. The Bertz CT molecular complexity index is 1220. The van der Waals surface area contributed by atoms with Crippen molar-refractivity contribution in [3.8, 4) is 0 Å². The lowest BCUT2D eigenvalue weighted by molar-refractivity contribution is 0.102. The molecule has 4 rings (SSSR count). The molecule has 0 saturated heterocycles. The molecule has 5 nitrogen and oxygen atoms in total. The minimum atomic E-state index is -0.298. The first kappa shape index (κ1) is 20.9. The highest BCUT2D eigenvalue weighted by molar-refractivity contribution is 6.12. The molecule has 0 spiro atoms. The molecule has 0 unspecified atom stereocenters. The highest BCUT2D eigenvalue weighted by Gasteiger charge is 2.14. The van der Waals surface area contributed by atoms with Gasteiger partial charge in [-0.1, -0.05) is 48.0 Å².